The summed E-state index contributed by atoms with van der Waals surface area (Å²) in [5.74, 6) is 2.90. The first kappa shape index (κ1) is 40.8. The highest BCUT2D eigenvalue weighted by atomic mass is 16.5. The van der Waals surface area contributed by atoms with Crippen LogP contribution in [0.5, 0.6) is 23.0 Å². The Morgan fingerprint density at radius 3 is 1.22 bits per heavy atom. The molecule has 3 rings (SSSR count). The Morgan fingerprint density at radius 2 is 0.780 bits per heavy atom. The van der Waals surface area contributed by atoms with Crippen molar-refractivity contribution < 1.29 is 19.3 Å². The van der Waals surface area contributed by atoms with Crippen LogP contribution in [0.15, 0.2) is 60.7 Å². The summed E-state index contributed by atoms with van der Waals surface area (Å²) in [6, 6.07) is 19.9. The zero-order valence-corrected chi connectivity index (χ0v) is 31.6. The van der Waals surface area contributed by atoms with Crippen molar-refractivity contribution >= 4 is 24.3 Å². The van der Waals surface area contributed by atoms with Crippen LogP contribution in [0.1, 0.15) is 159 Å². The normalized spacial score (nSPS) is 11.5. The van der Waals surface area contributed by atoms with E-state index < -0.39 is 0 Å². The van der Waals surface area contributed by atoms with Gasteiger partial charge in [0, 0.05) is 11.1 Å². The van der Waals surface area contributed by atoms with Gasteiger partial charge in [-0.15, -0.1) is 0 Å². The molecule has 3 aromatic carbocycles. The second-order valence-corrected chi connectivity index (χ2v) is 13.6. The van der Waals surface area contributed by atoms with Gasteiger partial charge in [0.15, 0.2) is 0 Å². The summed E-state index contributed by atoms with van der Waals surface area (Å²) >= 11 is 0. The molecule has 50 heavy (non-hydrogen) atoms. The van der Waals surface area contributed by atoms with Gasteiger partial charge in [-0.3, -0.25) is 0 Å². The first-order chi connectivity index (χ1) is 24.6. The molecule has 0 aliphatic rings. The predicted molar refractivity (Wildman–Crippen MR) is 215 cm³/mol. The minimum Gasteiger partial charge on any atom is -0.508 e. The van der Waals surface area contributed by atoms with E-state index in [-0.39, 0.29) is 5.75 Å². The van der Waals surface area contributed by atoms with E-state index >= 15 is 0 Å². The lowest BCUT2D eigenvalue weighted by Crippen LogP contribution is -2.03. The van der Waals surface area contributed by atoms with E-state index in [9.17, 15) is 5.11 Å². The Labute approximate surface area is 305 Å². The predicted octanol–water partition coefficient (Wildman–Crippen LogP) is 14.0. The van der Waals surface area contributed by atoms with Gasteiger partial charge in [0.2, 0.25) is 0 Å². The van der Waals surface area contributed by atoms with Gasteiger partial charge < -0.3 is 19.3 Å². The van der Waals surface area contributed by atoms with Crippen LogP contribution < -0.4 is 14.2 Å². The van der Waals surface area contributed by atoms with Crippen LogP contribution in [0, 0.1) is 0 Å². The summed E-state index contributed by atoms with van der Waals surface area (Å²) in [4.78, 5) is 0. The number of unbranched alkanes of at least 4 members (excludes halogenated alkanes) is 15. The van der Waals surface area contributed by atoms with Crippen molar-refractivity contribution in [3.05, 3.63) is 82.9 Å². The molecule has 0 saturated heterocycles. The highest BCUT2D eigenvalue weighted by Crippen LogP contribution is 2.33. The third-order valence-electron chi connectivity index (χ3n) is 9.10. The lowest BCUT2D eigenvalue weighted by atomic mass is 10.0. The average Bonchev–Trinajstić information content (AvgIpc) is 3.13. The summed E-state index contributed by atoms with van der Waals surface area (Å²) in [7, 11) is 0. The maximum absolute atomic E-state index is 9.72. The third-order valence-corrected chi connectivity index (χ3v) is 9.10. The standard InChI is InChI=1S/C46H66O4/c1-4-7-10-13-14-15-16-17-18-21-34-48-44-32-26-40(27-33-44)23-29-42-38-45(49-35-19-11-8-5-2)41(28-22-39-24-30-43(47)31-25-39)37-46(42)50-36-20-12-9-6-3/h22-33,37-38,47H,4-21,34-36H2,1-3H3/b28-22+,29-23+. The van der Waals surface area contributed by atoms with Crippen LogP contribution in [0.2, 0.25) is 0 Å². The maximum Gasteiger partial charge on any atom is 0.127 e. The number of benzene rings is 3. The zero-order valence-electron chi connectivity index (χ0n) is 31.6. The van der Waals surface area contributed by atoms with Crippen LogP contribution >= 0.6 is 0 Å². The summed E-state index contributed by atoms with van der Waals surface area (Å²) < 4.78 is 18.9. The quantitative estimate of drug-likeness (QED) is 0.0612. The molecule has 0 fully saturated rings. The van der Waals surface area contributed by atoms with Crippen LogP contribution in [0.4, 0.5) is 0 Å². The Kier molecular flexibility index (Phi) is 21.4. The van der Waals surface area contributed by atoms with E-state index in [0.717, 1.165) is 65.4 Å². The number of phenols is 1. The molecule has 0 atom stereocenters. The topological polar surface area (TPSA) is 47.9 Å². The van der Waals surface area contributed by atoms with Crippen LogP contribution in [0.3, 0.4) is 0 Å². The number of phenolic OH excluding ortho intramolecular Hbond substituents is 1. The van der Waals surface area contributed by atoms with Gasteiger partial charge >= 0.3 is 0 Å². The van der Waals surface area contributed by atoms with Gasteiger partial charge in [-0.25, -0.2) is 0 Å². The number of hydrogen-bond acceptors (Lipinski definition) is 4. The number of aromatic hydroxyl groups is 1. The SMILES string of the molecule is CCCCCCCCCCCCOc1ccc(/C=C/c2cc(OCCCCCC)c(/C=C/c3ccc(O)cc3)cc2OCCCCCC)cc1. The highest BCUT2D eigenvalue weighted by molar-refractivity contribution is 5.79. The van der Waals surface area contributed by atoms with E-state index in [1.165, 1.54) is 96.3 Å². The summed E-state index contributed by atoms with van der Waals surface area (Å²) in [5, 5.41) is 9.72. The summed E-state index contributed by atoms with van der Waals surface area (Å²) in [6.07, 6.45) is 31.0. The van der Waals surface area contributed by atoms with Crippen molar-refractivity contribution in [1.29, 1.82) is 0 Å². The molecule has 0 bridgehead atoms. The van der Waals surface area contributed by atoms with Gasteiger partial charge in [0.05, 0.1) is 19.8 Å². The van der Waals surface area contributed by atoms with Gasteiger partial charge in [-0.05, 0) is 66.8 Å². The number of ether oxygens (including phenoxy) is 3. The van der Waals surface area contributed by atoms with E-state index in [1.807, 2.05) is 12.1 Å². The molecule has 0 aliphatic heterocycles. The highest BCUT2D eigenvalue weighted by Gasteiger charge is 2.11. The molecule has 0 heterocycles. The fourth-order valence-corrected chi connectivity index (χ4v) is 5.94. The first-order valence-electron chi connectivity index (χ1n) is 19.9. The molecule has 0 unspecified atom stereocenters. The van der Waals surface area contributed by atoms with Crippen molar-refractivity contribution in [3.63, 3.8) is 0 Å². The molecule has 3 aromatic rings. The molecule has 0 aromatic heterocycles. The molecule has 1 N–H and O–H groups in total. The van der Waals surface area contributed by atoms with Gasteiger partial charge in [-0.2, -0.15) is 0 Å². The minimum atomic E-state index is 0.264. The number of rotatable bonds is 28. The Bertz CT molecular complexity index is 1340. The van der Waals surface area contributed by atoms with Gasteiger partial charge in [0.25, 0.3) is 0 Å². The number of hydrogen-bond donors (Lipinski definition) is 1. The zero-order chi connectivity index (χ0) is 35.5. The van der Waals surface area contributed by atoms with Crippen LogP contribution in [0.25, 0.3) is 24.3 Å². The van der Waals surface area contributed by atoms with E-state index in [4.69, 9.17) is 14.2 Å². The lowest BCUT2D eigenvalue weighted by Gasteiger charge is -2.15. The summed E-state index contributed by atoms with van der Waals surface area (Å²) in [6.45, 7) is 8.88. The van der Waals surface area contributed by atoms with Crippen LogP contribution in [-0.2, 0) is 0 Å². The van der Waals surface area contributed by atoms with Crippen molar-refractivity contribution in [2.24, 2.45) is 0 Å². The lowest BCUT2D eigenvalue weighted by molar-refractivity contribution is 0.296. The average molecular weight is 683 g/mol. The fourth-order valence-electron chi connectivity index (χ4n) is 5.94. The molecular formula is C46H66O4. The monoisotopic (exact) mass is 682 g/mol. The van der Waals surface area contributed by atoms with E-state index in [0.29, 0.717) is 13.2 Å². The van der Waals surface area contributed by atoms with Crippen molar-refractivity contribution in [2.45, 2.75) is 136 Å². The third kappa shape index (κ3) is 17.3. The Morgan fingerprint density at radius 1 is 0.420 bits per heavy atom. The van der Waals surface area contributed by atoms with Crippen LogP contribution in [-0.4, -0.2) is 24.9 Å². The fraction of sp³-hybridized carbons (Fsp3) is 0.522. The van der Waals surface area contributed by atoms with Gasteiger partial charge in [-0.1, -0.05) is 166 Å². The molecule has 4 nitrogen and oxygen atoms in total. The molecule has 274 valence electrons. The Hall–Kier alpha value is -3.66. The van der Waals surface area contributed by atoms with Crippen molar-refractivity contribution in [2.75, 3.05) is 19.8 Å². The molecule has 0 aliphatic carbocycles. The van der Waals surface area contributed by atoms with E-state index in [2.05, 4.69) is 81.5 Å². The smallest absolute Gasteiger partial charge is 0.127 e. The Balaban J connectivity index is 1.66. The van der Waals surface area contributed by atoms with Crippen molar-refractivity contribution in [1.82, 2.24) is 0 Å². The van der Waals surface area contributed by atoms with Crippen molar-refractivity contribution in [3.8, 4) is 23.0 Å². The molecule has 0 saturated carbocycles. The molecule has 4 heteroatoms. The minimum absolute atomic E-state index is 0.264. The molecular weight excluding hydrogens is 617 g/mol. The molecule has 0 spiro atoms. The summed E-state index contributed by atoms with van der Waals surface area (Å²) in [5.41, 5.74) is 4.12. The molecule has 0 amide bonds. The largest absolute Gasteiger partial charge is 0.508 e. The second kappa shape index (κ2) is 26.2. The maximum atomic E-state index is 9.72. The van der Waals surface area contributed by atoms with E-state index in [1.54, 1.807) is 12.1 Å². The first-order valence-corrected chi connectivity index (χ1v) is 19.9. The second-order valence-electron chi connectivity index (χ2n) is 13.6. The van der Waals surface area contributed by atoms with Gasteiger partial charge in [0.1, 0.15) is 23.0 Å². The molecule has 0 radical (unpaired) electrons.